The van der Waals surface area contributed by atoms with Crippen LogP contribution in [0.1, 0.15) is 5.56 Å². The number of aromatic amines is 1. The van der Waals surface area contributed by atoms with Crippen molar-refractivity contribution in [3.8, 4) is 5.69 Å². The van der Waals surface area contributed by atoms with Crippen LogP contribution < -0.4 is 11.2 Å². The third-order valence-electron chi connectivity index (χ3n) is 2.81. The number of aromatic nitrogens is 2. The molecule has 0 saturated heterocycles. The minimum Gasteiger partial charge on any atom is -0.384 e. The first-order chi connectivity index (χ1) is 9.56. The standard InChI is InChI=1S/C13H12ClFN2O3/c1-20-7-6-8-4-2-3-5-9(8)17-12(18)10(15)11(14)16-13(17)19/h2-5H,6-7H2,1H3,(H,16,19). The number of benzene rings is 1. The van der Waals surface area contributed by atoms with E-state index in [0.29, 0.717) is 24.3 Å². The molecular weight excluding hydrogens is 287 g/mol. The maximum absolute atomic E-state index is 13.6. The number of methoxy groups -OCH3 is 1. The van der Waals surface area contributed by atoms with Crippen LogP contribution in [0.2, 0.25) is 5.15 Å². The van der Waals surface area contributed by atoms with Crippen LogP contribution in [-0.4, -0.2) is 23.3 Å². The van der Waals surface area contributed by atoms with Gasteiger partial charge < -0.3 is 4.74 Å². The number of nitrogens with one attached hydrogen (secondary N) is 1. The quantitative estimate of drug-likeness (QED) is 0.870. The molecule has 0 aliphatic rings. The summed E-state index contributed by atoms with van der Waals surface area (Å²) in [4.78, 5) is 25.8. The van der Waals surface area contributed by atoms with Crippen molar-refractivity contribution in [3.05, 3.63) is 61.6 Å². The molecule has 0 radical (unpaired) electrons. The Morgan fingerprint density at radius 1 is 1.35 bits per heavy atom. The average Bonchev–Trinajstić information content (AvgIpc) is 2.44. The molecule has 1 aromatic heterocycles. The second-order valence-corrected chi connectivity index (χ2v) is 4.45. The molecule has 1 aromatic carbocycles. The zero-order valence-corrected chi connectivity index (χ0v) is 11.4. The van der Waals surface area contributed by atoms with Gasteiger partial charge in [0.15, 0.2) is 5.15 Å². The highest BCUT2D eigenvalue weighted by Crippen LogP contribution is 2.13. The van der Waals surface area contributed by atoms with E-state index in [0.717, 1.165) is 4.57 Å². The van der Waals surface area contributed by atoms with Gasteiger partial charge >= 0.3 is 5.69 Å². The Kier molecular flexibility index (Phi) is 4.36. The molecule has 20 heavy (non-hydrogen) atoms. The van der Waals surface area contributed by atoms with Crippen molar-refractivity contribution in [2.75, 3.05) is 13.7 Å². The predicted octanol–water partition coefficient (Wildman–Crippen LogP) is 1.51. The lowest BCUT2D eigenvalue weighted by Gasteiger charge is -2.10. The normalized spacial score (nSPS) is 10.8. The monoisotopic (exact) mass is 298 g/mol. The van der Waals surface area contributed by atoms with Gasteiger partial charge in [-0.2, -0.15) is 4.39 Å². The fourth-order valence-electron chi connectivity index (χ4n) is 1.86. The Morgan fingerprint density at radius 3 is 2.75 bits per heavy atom. The van der Waals surface area contributed by atoms with Crippen LogP contribution in [0.25, 0.3) is 5.69 Å². The van der Waals surface area contributed by atoms with Crippen LogP contribution in [0, 0.1) is 5.82 Å². The first-order valence-electron chi connectivity index (χ1n) is 5.83. The largest absolute Gasteiger partial charge is 0.384 e. The summed E-state index contributed by atoms with van der Waals surface area (Å²) in [6.45, 7) is 0.416. The van der Waals surface area contributed by atoms with Gasteiger partial charge in [-0.3, -0.25) is 9.78 Å². The second-order valence-electron chi connectivity index (χ2n) is 4.07. The van der Waals surface area contributed by atoms with Crippen LogP contribution in [0.3, 0.4) is 0 Å². The van der Waals surface area contributed by atoms with Crippen LogP contribution >= 0.6 is 11.6 Å². The molecule has 0 saturated carbocycles. The molecule has 2 rings (SSSR count). The molecule has 1 N–H and O–H groups in total. The summed E-state index contributed by atoms with van der Waals surface area (Å²) in [5.41, 5.74) is -0.857. The summed E-state index contributed by atoms with van der Waals surface area (Å²) in [5, 5.41) is -0.592. The van der Waals surface area contributed by atoms with Crippen LogP contribution in [-0.2, 0) is 11.2 Å². The molecule has 0 spiro atoms. The summed E-state index contributed by atoms with van der Waals surface area (Å²) < 4.78 is 19.3. The molecule has 0 atom stereocenters. The van der Waals surface area contributed by atoms with E-state index in [9.17, 15) is 14.0 Å². The molecular formula is C13H12ClFN2O3. The molecule has 0 bridgehead atoms. The molecule has 7 heteroatoms. The Labute approximate surface area is 118 Å². The zero-order chi connectivity index (χ0) is 14.7. The van der Waals surface area contributed by atoms with Crippen molar-refractivity contribution in [1.82, 2.24) is 9.55 Å². The zero-order valence-electron chi connectivity index (χ0n) is 10.7. The lowest BCUT2D eigenvalue weighted by molar-refractivity contribution is 0.202. The van der Waals surface area contributed by atoms with Gasteiger partial charge in [0, 0.05) is 7.11 Å². The average molecular weight is 299 g/mol. The first kappa shape index (κ1) is 14.5. The Morgan fingerprint density at radius 2 is 2.05 bits per heavy atom. The van der Waals surface area contributed by atoms with Gasteiger partial charge in [0.25, 0.3) is 5.56 Å². The van der Waals surface area contributed by atoms with Gasteiger partial charge in [-0.05, 0) is 18.1 Å². The van der Waals surface area contributed by atoms with Crippen molar-refractivity contribution in [2.45, 2.75) is 6.42 Å². The molecule has 1 heterocycles. The Hall–Kier alpha value is -1.92. The van der Waals surface area contributed by atoms with Gasteiger partial charge in [0.05, 0.1) is 12.3 Å². The molecule has 0 amide bonds. The van der Waals surface area contributed by atoms with Crippen molar-refractivity contribution in [1.29, 1.82) is 0 Å². The van der Waals surface area contributed by atoms with Crippen LogP contribution in [0.5, 0.6) is 0 Å². The fraction of sp³-hybridized carbons (Fsp3) is 0.231. The Balaban J connectivity index is 2.67. The number of rotatable bonds is 4. The summed E-state index contributed by atoms with van der Waals surface area (Å²) in [7, 11) is 1.55. The van der Waals surface area contributed by atoms with Crippen molar-refractivity contribution < 1.29 is 9.13 Å². The second kappa shape index (κ2) is 6.02. The Bertz CT molecular complexity index is 739. The summed E-state index contributed by atoms with van der Waals surface area (Å²) in [6, 6.07) is 6.73. The van der Waals surface area contributed by atoms with Gasteiger partial charge in [-0.1, -0.05) is 29.8 Å². The van der Waals surface area contributed by atoms with Crippen molar-refractivity contribution in [3.63, 3.8) is 0 Å². The summed E-state index contributed by atoms with van der Waals surface area (Å²) in [5.74, 6) is -1.19. The maximum Gasteiger partial charge on any atom is 0.334 e. The van der Waals surface area contributed by atoms with Gasteiger partial charge in [-0.15, -0.1) is 0 Å². The molecule has 106 valence electrons. The SMILES string of the molecule is COCCc1ccccc1-n1c(=O)[nH]c(Cl)c(F)c1=O. The highest BCUT2D eigenvalue weighted by atomic mass is 35.5. The van der Waals surface area contributed by atoms with E-state index in [1.165, 1.54) is 0 Å². The highest BCUT2D eigenvalue weighted by Gasteiger charge is 2.15. The number of halogens is 2. The number of nitrogens with zero attached hydrogens (tertiary/aromatic N) is 1. The van der Waals surface area contributed by atoms with E-state index < -0.39 is 22.2 Å². The number of para-hydroxylation sites is 1. The fourth-order valence-corrected chi connectivity index (χ4v) is 2.02. The van der Waals surface area contributed by atoms with Gasteiger partial charge in [0.2, 0.25) is 5.82 Å². The molecule has 0 unspecified atom stereocenters. The first-order valence-corrected chi connectivity index (χ1v) is 6.21. The third-order valence-corrected chi connectivity index (χ3v) is 3.07. The molecule has 0 fully saturated rings. The number of ether oxygens (including phenoxy) is 1. The van der Waals surface area contributed by atoms with Crippen LogP contribution in [0.15, 0.2) is 33.9 Å². The minimum absolute atomic E-state index is 0.311. The molecule has 0 aliphatic carbocycles. The van der Waals surface area contributed by atoms with Crippen molar-refractivity contribution >= 4 is 11.6 Å². The van der Waals surface area contributed by atoms with Gasteiger partial charge in [0.1, 0.15) is 0 Å². The van der Waals surface area contributed by atoms with Gasteiger partial charge in [-0.25, -0.2) is 9.36 Å². The predicted molar refractivity (Wildman–Crippen MR) is 73.2 cm³/mol. The summed E-state index contributed by atoms with van der Waals surface area (Å²) >= 11 is 5.44. The van der Waals surface area contributed by atoms with E-state index in [1.807, 2.05) is 0 Å². The van der Waals surface area contributed by atoms with Crippen LogP contribution in [0.4, 0.5) is 4.39 Å². The lowest BCUT2D eigenvalue weighted by Crippen LogP contribution is -2.36. The molecule has 2 aromatic rings. The highest BCUT2D eigenvalue weighted by molar-refractivity contribution is 6.29. The maximum atomic E-state index is 13.6. The lowest BCUT2D eigenvalue weighted by atomic mass is 10.1. The minimum atomic E-state index is -1.19. The number of H-pyrrole nitrogens is 1. The van der Waals surface area contributed by atoms with E-state index in [1.54, 1.807) is 31.4 Å². The smallest absolute Gasteiger partial charge is 0.334 e. The van der Waals surface area contributed by atoms with Crippen molar-refractivity contribution in [2.24, 2.45) is 0 Å². The van der Waals surface area contributed by atoms with E-state index in [4.69, 9.17) is 16.3 Å². The summed E-state index contributed by atoms with van der Waals surface area (Å²) in [6.07, 6.45) is 0.489. The molecule has 5 nitrogen and oxygen atoms in total. The third kappa shape index (κ3) is 2.66. The van der Waals surface area contributed by atoms with E-state index in [2.05, 4.69) is 4.98 Å². The van der Waals surface area contributed by atoms with E-state index >= 15 is 0 Å². The number of hydrogen-bond acceptors (Lipinski definition) is 3. The number of hydrogen-bond donors (Lipinski definition) is 1. The van der Waals surface area contributed by atoms with E-state index in [-0.39, 0.29) is 0 Å². The molecule has 0 aliphatic heterocycles. The topological polar surface area (TPSA) is 64.1 Å².